The van der Waals surface area contributed by atoms with Gasteiger partial charge in [0.1, 0.15) is 5.82 Å². The van der Waals surface area contributed by atoms with Crippen LogP contribution in [-0.4, -0.2) is 9.97 Å². The van der Waals surface area contributed by atoms with Crippen LogP contribution in [0.15, 0.2) is 29.1 Å². The molecule has 3 rings (SSSR count). The quantitative estimate of drug-likeness (QED) is 0.901. The lowest BCUT2D eigenvalue weighted by molar-refractivity contribution is 0.975. The van der Waals surface area contributed by atoms with Crippen LogP contribution in [-0.2, 0) is 0 Å². The molecule has 0 spiro atoms. The highest BCUT2D eigenvalue weighted by molar-refractivity contribution is 6.30. The lowest BCUT2D eigenvalue weighted by Crippen LogP contribution is -2.10. The average Bonchev–Trinajstić information content (AvgIpc) is 3.11. The van der Waals surface area contributed by atoms with Gasteiger partial charge >= 0.3 is 0 Å². The zero-order chi connectivity index (χ0) is 12.7. The molecule has 1 saturated carbocycles. The molecule has 0 unspecified atom stereocenters. The molecule has 1 aromatic carbocycles. The van der Waals surface area contributed by atoms with E-state index in [2.05, 4.69) is 9.97 Å². The van der Waals surface area contributed by atoms with Crippen molar-refractivity contribution in [3.63, 3.8) is 0 Å². The number of aryl methyl sites for hydroxylation is 1. The molecular formula is C14H13ClN2O. The van der Waals surface area contributed by atoms with Gasteiger partial charge < -0.3 is 4.98 Å². The van der Waals surface area contributed by atoms with Crippen molar-refractivity contribution in [1.82, 2.24) is 9.97 Å². The van der Waals surface area contributed by atoms with Crippen LogP contribution in [0.5, 0.6) is 0 Å². The molecule has 1 aliphatic carbocycles. The van der Waals surface area contributed by atoms with Crippen LogP contribution in [0, 0.1) is 6.92 Å². The summed E-state index contributed by atoms with van der Waals surface area (Å²) in [5.74, 6) is 1.11. The van der Waals surface area contributed by atoms with Crippen molar-refractivity contribution in [2.24, 2.45) is 0 Å². The van der Waals surface area contributed by atoms with Gasteiger partial charge in [-0.1, -0.05) is 11.6 Å². The van der Waals surface area contributed by atoms with Gasteiger partial charge in [0.25, 0.3) is 5.56 Å². The van der Waals surface area contributed by atoms with Crippen molar-refractivity contribution in [1.29, 1.82) is 0 Å². The second-order valence-corrected chi connectivity index (χ2v) is 5.19. The van der Waals surface area contributed by atoms with E-state index < -0.39 is 0 Å². The van der Waals surface area contributed by atoms with E-state index in [9.17, 15) is 4.79 Å². The molecule has 1 fully saturated rings. The maximum Gasteiger partial charge on any atom is 0.251 e. The molecule has 0 bridgehead atoms. The molecule has 1 heterocycles. The van der Waals surface area contributed by atoms with Gasteiger partial charge in [-0.15, -0.1) is 0 Å². The predicted molar refractivity (Wildman–Crippen MR) is 72.0 cm³/mol. The third kappa shape index (κ3) is 2.18. The number of H-pyrrole nitrogens is 1. The Bertz CT molecular complexity index is 659. The summed E-state index contributed by atoms with van der Waals surface area (Å²) in [6.45, 7) is 1.96. The Morgan fingerprint density at radius 3 is 2.78 bits per heavy atom. The van der Waals surface area contributed by atoms with Crippen LogP contribution in [0.3, 0.4) is 0 Å². The highest BCUT2D eigenvalue weighted by Gasteiger charge is 2.26. The largest absolute Gasteiger partial charge is 0.307 e. The van der Waals surface area contributed by atoms with E-state index in [0.29, 0.717) is 16.8 Å². The second-order valence-electron chi connectivity index (χ2n) is 4.75. The van der Waals surface area contributed by atoms with Crippen LogP contribution < -0.4 is 5.56 Å². The summed E-state index contributed by atoms with van der Waals surface area (Å²) in [5, 5.41) is 0.692. The lowest BCUT2D eigenvalue weighted by atomic mass is 10.1. The first kappa shape index (κ1) is 11.5. The molecule has 18 heavy (non-hydrogen) atoms. The van der Waals surface area contributed by atoms with Crippen LogP contribution in [0.2, 0.25) is 5.02 Å². The molecule has 1 aromatic heterocycles. The van der Waals surface area contributed by atoms with Crippen molar-refractivity contribution < 1.29 is 0 Å². The first-order chi connectivity index (χ1) is 8.63. The summed E-state index contributed by atoms with van der Waals surface area (Å²) < 4.78 is 0. The van der Waals surface area contributed by atoms with Crippen LogP contribution in [0.25, 0.3) is 11.4 Å². The standard InChI is InChI=1S/C14H13ClN2O/c1-8-6-10(15)4-5-11(8)14-16-12(9-2-3-9)7-13(18)17-14/h4-7,9H,2-3H2,1H3,(H,16,17,18). The van der Waals surface area contributed by atoms with Gasteiger partial charge in [0.15, 0.2) is 0 Å². The van der Waals surface area contributed by atoms with E-state index in [1.54, 1.807) is 6.07 Å². The van der Waals surface area contributed by atoms with Crippen molar-refractivity contribution in [3.05, 3.63) is 50.9 Å². The molecule has 1 N–H and O–H groups in total. The maximum atomic E-state index is 11.7. The molecule has 0 aliphatic heterocycles. The van der Waals surface area contributed by atoms with Crippen molar-refractivity contribution >= 4 is 11.6 Å². The molecule has 1 aliphatic rings. The third-order valence-electron chi connectivity index (χ3n) is 3.20. The monoisotopic (exact) mass is 260 g/mol. The molecule has 0 radical (unpaired) electrons. The van der Waals surface area contributed by atoms with Gasteiger partial charge in [-0.25, -0.2) is 4.98 Å². The smallest absolute Gasteiger partial charge is 0.251 e. The summed E-state index contributed by atoms with van der Waals surface area (Å²) in [5.41, 5.74) is 2.76. The Labute approximate surface area is 110 Å². The van der Waals surface area contributed by atoms with E-state index in [1.807, 2.05) is 25.1 Å². The molecule has 3 nitrogen and oxygen atoms in total. The fourth-order valence-electron chi connectivity index (χ4n) is 2.08. The molecular weight excluding hydrogens is 248 g/mol. The zero-order valence-corrected chi connectivity index (χ0v) is 10.8. The minimum absolute atomic E-state index is 0.0868. The Hall–Kier alpha value is -1.61. The lowest BCUT2D eigenvalue weighted by Gasteiger charge is -2.07. The minimum atomic E-state index is -0.0868. The third-order valence-corrected chi connectivity index (χ3v) is 3.44. The number of nitrogens with zero attached hydrogens (tertiary/aromatic N) is 1. The first-order valence-electron chi connectivity index (χ1n) is 6.01. The van der Waals surface area contributed by atoms with E-state index in [0.717, 1.165) is 29.7 Å². The normalized spacial score (nSPS) is 14.8. The molecule has 0 atom stereocenters. The van der Waals surface area contributed by atoms with Crippen molar-refractivity contribution in [2.45, 2.75) is 25.7 Å². The summed E-state index contributed by atoms with van der Waals surface area (Å²) in [6, 6.07) is 7.19. The van der Waals surface area contributed by atoms with E-state index in [-0.39, 0.29) is 5.56 Å². The van der Waals surface area contributed by atoms with Gasteiger partial charge in [0, 0.05) is 22.6 Å². The number of hydrogen-bond donors (Lipinski definition) is 1. The van der Waals surface area contributed by atoms with Crippen LogP contribution >= 0.6 is 11.6 Å². The molecule has 4 heteroatoms. The summed E-state index contributed by atoms with van der Waals surface area (Å²) in [4.78, 5) is 19.0. The van der Waals surface area contributed by atoms with Gasteiger partial charge in [-0.05, 0) is 43.5 Å². The van der Waals surface area contributed by atoms with Crippen LogP contribution in [0.4, 0.5) is 0 Å². The predicted octanol–water partition coefficient (Wildman–Crippen LogP) is 3.28. The maximum absolute atomic E-state index is 11.7. The van der Waals surface area contributed by atoms with Crippen molar-refractivity contribution in [2.75, 3.05) is 0 Å². The Morgan fingerprint density at radius 2 is 2.11 bits per heavy atom. The first-order valence-corrected chi connectivity index (χ1v) is 6.39. The molecule has 2 aromatic rings. The Morgan fingerprint density at radius 1 is 1.33 bits per heavy atom. The van der Waals surface area contributed by atoms with Gasteiger partial charge in [-0.2, -0.15) is 0 Å². The van der Waals surface area contributed by atoms with E-state index in [1.165, 1.54) is 0 Å². The van der Waals surface area contributed by atoms with E-state index in [4.69, 9.17) is 11.6 Å². The highest BCUT2D eigenvalue weighted by Crippen LogP contribution is 2.38. The average molecular weight is 261 g/mol. The number of aromatic nitrogens is 2. The summed E-state index contributed by atoms with van der Waals surface area (Å²) in [6.07, 6.45) is 2.27. The Kier molecular flexibility index (Phi) is 2.71. The molecule has 92 valence electrons. The number of halogens is 1. The topological polar surface area (TPSA) is 45.8 Å². The zero-order valence-electron chi connectivity index (χ0n) is 10.0. The number of benzene rings is 1. The summed E-state index contributed by atoms with van der Waals surface area (Å²) >= 11 is 5.94. The Balaban J connectivity index is 2.13. The number of rotatable bonds is 2. The fraction of sp³-hybridized carbons (Fsp3) is 0.286. The van der Waals surface area contributed by atoms with Crippen LogP contribution in [0.1, 0.15) is 30.0 Å². The second kappa shape index (κ2) is 4.25. The van der Waals surface area contributed by atoms with Gasteiger partial charge in [-0.3, -0.25) is 4.79 Å². The summed E-state index contributed by atoms with van der Waals surface area (Å²) in [7, 11) is 0. The number of hydrogen-bond acceptors (Lipinski definition) is 2. The number of nitrogens with one attached hydrogen (secondary N) is 1. The SMILES string of the molecule is Cc1cc(Cl)ccc1-c1nc(C2CC2)cc(=O)[nH]1. The highest BCUT2D eigenvalue weighted by atomic mass is 35.5. The minimum Gasteiger partial charge on any atom is -0.307 e. The fourth-order valence-corrected chi connectivity index (χ4v) is 2.31. The molecule has 0 amide bonds. The van der Waals surface area contributed by atoms with Gasteiger partial charge in [0.2, 0.25) is 0 Å². The number of aromatic amines is 1. The van der Waals surface area contributed by atoms with Crippen molar-refractivity contribution in [3.8, 4) is 11.4 Å². The van der Waals surface area contributed by atoms with E-state index >= 15 is 0 Å². The molecule has 0 saturated heterocycles. The van der Waals surface area contributed by atoms with Gasteiger partial charge in [0.05, 0.1) is 5.69 Å².